The third-order valence-corrected chi connectivity index (χ3v) is 1.56. The minimum absolute atomic E-state index is 0.0573. The first kappa shape index (κ1) is 9.32. The van der Waals surface area contributed by atoms with Crippen molar-refractivity contribution in [1.29, 1.82) is 0 Å². The highest BCUT2D eigenvalue weighted by Crippen LogP contribution is 2.15. The number of aryl methyl sites for hydroxylation is 1. The minimum atomic E-state index is -0.717. The lowest BCUT2D eigenvalue weighted by Gasteiger charge is -2.02. The van der Waals surface area contributed by atoms with Gasteiger partial charge in [-0.2, -0.15) is 9.97 Å². The molecule has 1 aromatic rings. The van der Waals surface area contributed by atoms with E-state index < -0.39 is 11.9 Å². The standard InChI is InChI=1S/C9H6N2O4/c1-5-4-6-11-9(10-5)15-8(13)3-2-7(12)14-6/h2-4H,1H3/b3-2-. The summed E-state index contributed by atoms with van der Waals surface area (Å²) in [6, 6.07) is 1.34. The van der Waals surface area contributed by atoms with Crippen LogP contribution in [-0.2, 0) is 9.59 Å². The number of hydrogen-bond donors (Lipinski definition) is 0. The summed E-state index contributed by atoms with van der Waals surface area (Å²) in [5.74, 6) is -1.34. The van der Waals surface area contributed by atoms with Gasteiger partial charge >= 0.3 is 17.9 Å². The van der Waals surface area contributed by atoms with E-state index in [9.17, 15) is 9.59 Å². The number of rotatable bonds is 0. The zero-order valence-electron chi connectivity index (χ0n) is 7.76. The summed E-state index contributed by atoms with van der Waals surface area (Å²) >= 11 is 0. The van der Waals surface area contributed by atoms with Crippen molar-refractivity contribution in [3.63, 3.8) is 0 Å². The van der Waals surface area contributed by atoms with Gasteiger partial charge in [0.2, 0.25) is 5.88 Å². The van der Waals surface area contributed by atoms with E-state index in [1.54, 1.807) is 6.92 Å². The molecule has 0 saturated carbocycles. The molecule has 0 amide bonds. The normalized spacial score (nSPS) is 16.9. The van der Waals surface area contributed by atoms with Crippen LogP contribution in [0.15, 0.2) is 18.2 Å². The number of fused-ring (bicyclic) bond motifs is 2. The number of nitrogens with zero attached hydrogens (tertiary/aromatic N) is 2. The highest BCUT2D eigenvalue weighted by molar-refractivity contribution is 5.93. The third kappa shape index (κ3) is 2.16. The fraction of sp³-hybridized carbons (Fsp3) is 0.111. The van der Waals surface area contributed by atoms with Crippen molar-refractivity contribution < 1.29 is 19.1 Å². The van der Waals surface area contributed by atoms with E-state index in [4.69, 9.17) is 9.47 Å². The summed E-state index contributed by atoms with van der Waals surface area (Å²) in [4.78, 5) is 29.7. The molecule has 6 nitrogen and oxygen atoms in total. The Morgan fingerprint density at radius 3 is 2.47 bits per heavy atom. The molecule has 0 fully saturated rings. The third-order valence-electron chi connectivity index (χ3n) is 1.56. The minimum Gasteiger partial charge on any atom is -0.404 e. The molecular formula is C9H6N2O4. The number of carbonyl (C=O) groups excluding carboxylic acids is 2. The summed E-state index contributed by atoms with van der Waals surface area (Å²) in [6.07, 6.45) is 1.92. The number of hydrogen-bond acceptors (Lipinski definition) is 6. The lowest BCUT2D eigenvalue weighted by Crippen LogP contribution is -2.06. The van der Waals surface area contributed by atoms with Crippen LogP contribution in [-0.4, -0.2) is 21.9 Å². The lowest BCUT2D eigenvalue weighted by molar-refractivity contribution is -0.131. The molecule has 0 atom stereocenters. The molecule has 0 radical (unpaired) electrons. The van der Waals surface area contributed by atoms with Gasteiger partial charge in [-0.3, -0.25) is 0 Å². The van der Waals surface area contributed by atoms with Crippen LogP contribution in [0.4, 0.5) is 0 Å². The smallest absolute Gasteiger partial charge is 0.338 e. The van der Waals surface area contributed by atoms with Crippen molar-refractivity contribution in [2.24, 2.45) is 0 Å². The maximum absolute atomic E-state index is 11.1. The second-order valence-corrected chi connectivity index (χ2v) is 2.81. The largest absolute Gasteiger partial charge is 0.404 e. The van der Waals surface area contributed by atoms with Crippen molar-refractivity contribution in [3.05, 3.63) is 23.9 Å². The van der Waals surface area contributed by atoms with E-state index in [1.165, 1.54) is 6.07 Å². The number of esters is 2. The van der Waals surface area contributed by atoms with Crippen LogP contribution in [0, 0.1) is 6.92 Å². The predicted octanol–water partition coefficient (Wildman–Crippen LogP) is 0.166. The molecule has 0 spiro atoms. The van der Waals surface area contributed by atoms with E-state index in [0.29, 0.717) is 5.69 Å². The van der Waals surface area contributed by atoms with Crippen LogP contribution < -0.4 is 9.47 Å². The Morgan fingerprint density at radius 2 is 1.73 bits per heavy atom. The predicted molar refractivity (Wildman–Crippen MR) is 47.2 cm³/mol. The molecule has 15 heavy (non-hydrogen) atoms. The van der Waals surface area contributed by atoms with Crippen molar-refractivity contribution >= 4 is 11.9 Å². The zero-order chi connectivity index (χ0) is 10.8. The molecule has 0 unspecified atom stereocenters. The quantitative estimate of drug-likeness (QED) is 0.563. The van der Waals surface area contributed by atoms with Gasteiger partial charge in [0.25, 0.3) is 0 Å². The number of carbonyl (C=O) groups is 2. The van der Waals surface area contributed by atoms with Gasteiger partial charge in [0.1, 0.15) is 0 Å². The molecule has 0 aromatic carbocycles. The summed E-state index contributed by atoms with van der Waals surface area (Å²) in [5, 5.41) is 0. The monoisotopic (exact) mass is 206 g/mol. The van der Waals surface area contributed by atoms with Crippen LogP contribution in [0.1, 0.15) is 5.69 Å². The Kier molecular flexibility index (Phi) is 2.17. The Bertz CT molecular complexity index is 429. The van der Waals surface area contributed by atoms with Gasteiger partial charge in [-0.05, 0) is 6.92 Å². The van der Waals surface area contributed by atoms with Crippen molar-refractivity contribution in [3.8, 4) is 11.9 Å². The Hall–Kier alpha value is -2.24. The van der Waals surface area contributed by atoms with E-state index in [0.717, 1.165) is 12.2 Å². The molecule has 6 heteroatoms. The van der Waals surface area contributed by atoms with E-state index in [-0.39, 0.29) is 11.9 Å². The molecule has 1 aliphatic heterocycles. The van der Waals surface area contributed by atoms with Gasteiger partial charge in [-0.1, -0.05) is 0 Å². The van der Waals surface area contributed by atoms with E-state index in [2.05, 4.69) is 9.97 Å². The van der Waals surface area contributed by atoms with Crippen LogP contribution in [0.25, 0.3) is 0 Å². The van der Waals surface area contributed by atoms with Gasteiger partial charge in [-0.15, -0.1) is 0 Å². The average Bonchev–Trinajstić information content (AvgIpc) is 2.16. The molecule has 2 rings (SSSR count). The first-order chi connectivity index (χ1) is 7.13. The van der Waals surface area contributed by atoms with E-state index in [1.807, 2.05) is 0 Å². The molecule has 2 bridgehead atoms. The highest BCUT2D eigenvalue weighted by Gasteiger charge is 2.12. The van der Waals surface area contributed by atoms with Crippen molar-refractivity contribution in [2.45, 2.75) is 6.92 Å². The molecule has 1 aromatic heterocycles. The Balaban J connectivity index is 2.48. The Labute approximate surface area is 84.6 Å². The molecule has 76 valence electrons. The number of ether oxygens (including phenoxy) is 2. The first-order valence-corrected chi connectivity index (χ1v) is 4.11. The Morgan fingerprint density at radius 1 is 1.07 bits per heavy atom. The molecule has 0 aliphatic carbocycles. The fourth-order valence-corrected chi connectivity index (χ4v) is 1.01. The van der Waals surface area contributed by atoms with Crippen LogP contribution in [0.2, 0.25) is 0 Å². The summed E-state index contributed by atoms with van der Waals surface area (Å²) in [5.41, 5.74) is 0.539. The van der Waals surface area contributed by atoms with Crippen LogP contribution >= 0.6 is 0 Å². The maximum Gasteiger partial charge on any atom is 0.338 e. The van der Waals surface area contributed by atoms with E-state index >= 15 is 0 Å². The molecule has 0 saturated heterocycles. The molecule has 2 heterocycles. The molecular weight excluding hydrogens is 200 g/mol. The molecule has 0 N–H and O–H groups in total. The summed E-state index contributed by atoms with van der Waals surface area (Å²) in [6.45, 7) is 1.67. The van der Waals surface area contributed by atoms with Crippen molar-refractivity contribution in [1.82, 2.24) is 9.97 Å². The topological polar surface area (TPSA) is 78.4 Å². The SMILES string of the molecule is Cc1cc2nc(n1)OC(=O)/C=C\C(=O)O2. The van der Waals surface area contributed by atoms with Gasteiger partial charge in [0, 0.05) is 23.9 Å². The summed E-state index contributed by atoms with van der Waals surface area (Å²) < 4.78 is 9.52. The summed E-state index contributed by atoms with van der Waals surface area (Å²) in [7, 11) is 0. The highest BCUT2D eigenvalue weighted by atomic mass is 16.6. The first-order valence-electron chi connectivity index (χ1n) is 4.11. The zero-order valence-corrected chi connectivity index (χ0v) is 7.76. The second-order valence-electron chi connectivity index (χ2n) is 2.81. The van der Waals surface area contributed by atoms with Crippen molar-refractivity contribution in [2.75, 3.05) is 0 Å². The van der Waals surface area contributed by atoms with Crippen LogP contribution in [0.5, 0.6) is 11.9 Å². The lowest BCUT2D eigenvalue weighted by atomic mass is 10.4. The van der Waals surface area contributed by atoms with Gasteiger partial charge < -0.3 is 9.47 Å². The average molecular weight is 206 g/mol. The van der Waals surface area contributed by atoms with Gasteiger partial charge in [-0.25, -0.2) is 9.59 Å². The maximum atomic E-state index is 11.1. The second kappa shape index (κ2) is 3.49. The van der Waals surface area contributed by atoms with Gasteiger partial charge in [0.05, 0.1) is 0 Å². The fourth-order valence-electron chi connectivity index (χ4n) is 1.01. The molecule has 1 aliphatic rings. The number of aromatic nitrogens is 2. The van der Waals surface area contributed by atoms with Crippen LogP contribution in [0.3, 0.4) is 0 Å². The van der Waals surface area contributed by atoms with Gasteiger partial charge in [0.15, 0.2) is 0 Å².